The molecule has 128 valence electrons. The van der Waals surface area contributed by atoms with Crippen LogP contribution in [0.5, 0.6) is 11.5 Å². The van der Waals surface area contributed by atoms with Crippen LogP contribution in [0.1, 0.15) is 37.0 Å². The normalized spacial score (nSPS) is 23.6. The van der Waals surface area contributed by atoms with Crippen molar-refractivity contribution in [1.82, 2.24) is 5.32 Å². The lowest BCUT2D eigenvalue weighted by Gasteiger charge is -2.15. The third kappa shape index (κ3) is 4.36. The lowest BCUT2D eigenvalue weighted by atomic mass is 10.1. The van der Waals surface area contributed by atoms with E-state index in [0.29, 0.717) is 43.1 Å². The summed E-state index contributed by atoms with van der Waals surface area (Å²) in [6, 6.07) is 4.96. The first kappa shape index (κ1) is 17.6. The summed E-state index contributed by atoms with van der Waals surface area (Å²) < 4.78 is 11.0. The van der Waals surface area contributed by atoms with E-state index in [0.717, 1.165) is 0 Å². The SMILES string of the molecule is CCOc1ccc(C(=O)NC2CC(O)C(CO)C2)cc1OCC. The van der Waals surface area contributed by atoms with Crippen LogP contribution >= 0.6 is 0 Å². The van der Waals surface area contributed by atoms with Crippen LogP contribution in [0.15, 0.2) is 18.2 Å². The fourth-order valence-electron chi connectivity index (χ4n) is 2.88. The van der Waals surface area contributed by atoms with Gasteiger partial charge >= 0.3 is 0 Å². The number of hydrogen-bond donors (Lipinski definition) is 3. The van der Waals surface area contributed by atoms with Gasteiger partial charge in [0, 0.05) is 24.1 Å². The molecule has 2 rings (SSSR count). The van der Waals surface area contributed by atoms with E-state index in [1.165, 1.54) is 0 Å². The van der Waals surface area contributed by atoms with Crippen LogP contribution in [-0.2, 0) is 0 Å². The van der Waals surface area contributed by atoms with Gasteiger partial charge in [-0.15, -0.1) is 0 Å². The molecule has 1 saturated carbocycles. The molecule has 1 amide bonds. The lowest BCUT2D eigenvalue weighted by Crippen LogP contribution is -2.33. The maximum Gasteiger partial charge on any atom is 0.251 e. The molecule has 1 aliphatic carbocycles. The van der Waals surface area contributed by atoms with E-state index in [2.05, 4.69) is 5.32 Å². The maximum atomic E-state index is 12.4. The predicted octanol–water partition coefficient (Wildman–Crippen LogP) is 1.35. The number of hydrogen-bond acceptors (Lipinski definition) is 5. The minimum absolute atomic E-state index is 0.0644. The van der Waals surface area contributed by atoms with Crippen molar-refractivity contribution in [3.63, 3.8) is 0 Å². The van der Waals surface area contributed by atoms with Crippen LogP contribution < -0.4 is 14.8 Å². The molecule has 0 heterocycles. The average molecular weight is 323 g/mol. The Labute approximate surface area is 136 Å². The topological polar surface area (TPSA) is 88.0 Å². The molecule has 3 atom stereocenters. The Morgan fingerprint density at radius 1 is 1.22 bits per heavy atom. The molecule has 0 spiro atoms. The van der Waals surface area contributed by atoms with Gasteiger partial charge in [0.05, 0.1) is 19.3 Å². The number of carbonyl (C=O) groups excluding carboxylic acids is 1. The van der Waals surface area contributed by atoms with Gasteiger partial charge in [0.15, 0.2) is 11.5 Å². The fraction of sp³-hybridized carbons (Fsp3) is 0.588. The van der Waals surface area contributed by atoms with Gasteiger partial charge in [-0.2, -0.15) is 0 Å². The molecule has 6 nitrogen and oxygen atoms in total. The first-order valence-corrected chi connectivity index (χ1v) is 8.08. The lowest BCUT2D eigenvalue weighted by molar-refractivity contribution is 0.0903. The number of aliphatic hydroxyl groups is 2. The molecule has 6 heteroatoms. The smallest absolute Gasteiger partial charge is 0.251 e. The van der Waals surface area contributed by atoms with Crippen LogP contribution in [0.25, 0.3) is 0 Å². The second kappa shape index (κ2) is 8.17. The van der Waals surface area contributed by atoms with Gasteiger partial charge in [0.25, 0.3) is 5.91 Å². The number of amides is 1. The van der Waals surface area contributed by atoms with Crippen molar-refractivity contribution in [3.05, 3.63) is 23.8 Å². The van der Waals surface area contributed by atoms with E-state index >= 15 is 0 Å². The average Bonchev–Trinajstić information content (AvgIpc) is 2.89. The molecule has 1 aliphatic rings. The summed E-state index contributed by atoms with van der Waals surface area (Å²) in [4.78, 5) is 12.4. The van der Waals surface area contributed by atoms with Crippen molar-refractivity contribution >= 4 is 5.91 Å². The van der Waals surface area contributed by atoms with Crippen LogP contribution in [0, 0.1) is 5.92 Å². The molecule has 0 saturated heterocycles. The van der Waals surface area contributed by atoms with Crippen LogP contribution in [-0.4, -0.2) is 48.1 Å². The molecule has 1 aromatic rings. The minimum atomic E-state index is -0.565. The molecule has 1 fully saturated rings. The van der Waals surface area contributed by atoms with Gasteiger partial charge in [-0.05, 0) is 44.9 Å². The van der Waals surface area contributed by atoms with E-state index in [1.54, 1.807) is 18.2 Å². The molecule has 0 aliphatic heterocycles. The van der Waals surface area contributed by atoms with E-state index in [-0.39, 0.29) is 24.5 Å². The Morgan fingerprint density at radius 3 is 2.52 bits per heavy atom. The Morgan fingerprint density at radius 2 is 1.91 bits per heavy atom. The van der Waals surface area contributed by atoms with Crippen molar-refractivity contribution in [3.8, 4) is 11.5 Å². The molecule has 3 unspecified atom stereocenters. The Bertz CT molecular complexity index is 534. The summed E-state index contributed by atoms with van der Waals surface area (Å²) >= 11 is 0. The molecule has 3 N–H and O–H groups in total. The molecule has 0 aromatic heterocycles. The van der Waals surface area contributed by atoms with Crippen molar-refractivity contribution in [2.24, 2.45) is 5.92 Å². The van der Waals surface area contributed by atoms with Gasteiger partial charge in [-0.1, -0.05) is 0 Å². The van der Waals surface area contributed by atoms with Crippen LogP contribution in [0.2, 0.25) is 0 Å². The summed E-state index contributed by atoms with van der Waals surface area (Å²) in [6.07, 6.45) is 0.482. The molecule has 0 bridgehead atoms. The van der Waals surface area contributed by atoms with Gasteiger partial charge in [-0.3, -0.25) is 4.79 Å². The molecule has 23 heavy (non-hydrogen) atoms. The highest BCUT2D eigenvalue weighted by molar-refractivity contribution is 5.95. The first-order valence-electron chi connectivity index (χ1n) is 8.08. The number of benzene rings is 1. The zero-order chi connectivity index (χ0) is 16.8. The molecule has 1 aromatic carbocycles. The minimum Gasteiger partial charge on any atom is -0.490 e. The largest absolute Gasteiger partial charge is 0.490 e. The van der Waals surface area contributed by atoms with Crippen molar-refractivity contribution in [2.45, 2.75) is 38.8 Å². The highest BCUT2D eigenvalue weighted by atomic mass is 16.5. The van der Waals surface area contributed by atoms with E-state index in [1.807, 2.05) is 13.8 Å². The number of aliphatic hydroxyl groups excluding tert-OH is 2. The second-order valence-electron chi connectivity index (χ2n) is 5.68. The van der Waals surface area contributed by atoms with Crippen molar-refractivity contribution in [1.29, 1.82) is 0 Å². The Hall–Kier alpha value is -1.79. The van der Waals surface area contributed by atoms with E-state index in [9.17, 15) is 15.0 Å². The van der Waals surface area contributed by atoms with Crippen LogP contribution in [0.4, 0.5) is 0 Å². The third-order valence-corrected chi connectivity index (χ3v) is 4.03. The number of ether oxygens (including phenoxy) is 2. The summed E-state index contributed by atoms with van der Waals surface area (Å²) in [7, 11) is 0. The Kier molecular flexibility index (Phi) is 6.24. The summed E-state index contributed by atoms with van der Waals surface area (Å²) in [6.45, 7) is 4.70. The van der Waals surface area contributed by atoms with E-state index in [4.69, 9.17) is 9.47 Å². The van der Waals surface area contributed by atoms with E-state index < -0.39 is 6.10 Å². The van der Waals surface area contributed by atoms with Crippen LogP contribution in [0.3, 0.4) is 0 Å². The van der Waals surface area contributed by atoms with Crippen molar-refractivity contribution in [2.75, 3.05) is 19.8 Å². The fourth-order valence-corrected chi connectivity index (χ4v) is 2.88. The molecular weight excluding hydrogens is 298 g/mol. The van der Waals surface area contributed by atoms with Crippen molar-refractivity contribution < 1.29 is 24.5 Å². The highest BCUT2D eigenvalue weighted by Crippen LogP contribution is 2.29. The number of rotatable bonds is 7. The number of nitrogens with one attached hydrogen (secondary N) is 1. The number of carbonyl (C=O) groups is 1. The predicted molar refractivity (Wildman–Crippen MR) is 85.9 cm³/mol. The zero-order valence-electron chi connectivity index (χ0n) is 13.6. The Balaban J connectivity index is 2.06. The summed E-state index contributed by atoms with van der Waals surface area (Å²) in [5.41, 5.74) is 0.485. The maximum absolute atomic E-state index is 12.4. The highest BCUT2D eigenvalue weighted by Gasteiger charge is 2.33. The zero-order valence-corrected chi connectivity index (χ0v) is 13.6. The van der Waals surface area contributed by atoms with Gasteiger partial charge < -0.3 is 25.0 Å². The first-order chi connectivity index (χ1) is 11.1. The molecular formula is C17H25NO5. The standard InChI is InChI=1S/C17H25NO5/c1-3-22-15-6-5-11(8-16(15)23-4-2)17(21)18-13-7-12(10-19)14(20)9-13/h5-6,8,12-14,19-20H,3-4,7,9-10H2,1-2H3,(H,18,21). The third-order valence-electron chi connectivity index (χ3n) is 4.03. The second-order valence-corrected chi connectivity index (χ2v) is 5.68. The molecule has 0 radical (unpaired) electrons. The van der Waals surface area contributed by atoms with Gasteiger partial charge in [0.2, 0.25) is 0 Å². The van der Waals surface area contributed by atoms with Gasteiger partial charge in [-0.25, -0.2) is 0 Å². The summed E-state index contributed by atoms with van der Waals surface area (Å²) in [5, 5.41) is 21.9. The summed E-state index contributed by atoms with van der Waals surface area (Å²) in [5.74, 6) is 0.772. The van der Waals surface area contributed by atoms with Gasteiger partial charge in [0.1, 0.15) is 0 Å². The quantitative estimate of drug-likeness (QED) is 0.705. The monoisotopic (exact) mass is 323 g/mol.